The first-order chi connectivity index (χ1) is 12.6. The first-order valence-electron chi connectivity index (χ1n) is 8.91. The van der Waals surface area contributed by atoms with Crippen LogP contribution in [0.4, 0.5) is 5.82 Å². The molecule has 1 aromatic heterocycles. The van der Waals surface area contributed by atoms with Gasteiger partial charge in [0, 0.05) is 34.3 Å². The molecule has 1 atom stereocenters. The first-order valence-corrected chi connectivity index (χ1v) is 11.0. The average Bonchev–Trinajstić information content (AvgIpc) is 3.09. The maximum Gasteiger partial charge on any atom is 0.217 e. The van der Waals surface area contributed by atoms with Gasteiger partial charge in [-0.15, -0.1) is 0 Å². The molecule has 27 heavy (non-hydrogen) atoms. The number of hydrazine groups is 1. The molecule has 0 spiro atoms. The van der Waals surface area contributed by atoms with Crippen molar-refractivity contribution in [2.24, 2.45) is 0 Å². The Kier molecular flexibility index (Phi) is 7.35. The Morgan fingerprint density at radius 3 is 2.59 bits per heavy atom. The van der Waals surface area contributed by atoms with Crippen LogP contribution in [0.25, 0.3) is 0 Å². The molecule has 150 valence electrons. The molecule has 0 amide bonds. The molecule has 3 N–H and O–H groups in total. The second kappa shape index (κ2) is 9.11. The van der Waals surface area contributed by atoms with Crippen LogP contribution >= 0.6 is 21.1 Å². The number of rotatable bonds is 8. The van der Waals surface area contributed by atoms with E-state index in [1.807, 2.05) is 35.8 Å². The molecular weight excluding hydrogens is 457 g/mol. The predicted molar refractivity (Wildman–Crippen MR) is 118 cm³/mol. The fourth-order valence-electron chi connectivity index (χ4n) is 2.45. The van der Waals surface area contributed by atoms with E-state index in [4.69, 9.17) is 3.07 Å². The lowest BCUT2D eigenvalue weighted by molar-refractivity contribution is -0.0122. The van der Waals surface area contributed by atoms with Crippen molar-refractivity contribution in [2.75, 3.05) is 12.0 Å². The zero-order valence-electron chi connectivity index (χ0n) is 16.9. The van der Waals surface area contributed by atoms with Crippen LogP contribution in [0.2, 0.25) is 0 Å². The van der Waals surface area contributed by atoms with Gasteiger partial charge in [-0.2, -0.15) is 0 Å². The van der Waals surface area contributed by atoms with Crippen LogP contribution in [0.1, 0.15) is 59.2 Å². The summed E-state index contributed by atoms with van der Waals surface area (Å²) in [6.45, 7) is 16.8. The number of halogens is 1. The third-order valence-corrected chi connectivity index (χ3v) is 5.28. The smallest absolute Gasteiger partial charge is 0.217 e. The Morgan fingerprint density at radius 1 is 1.37 bits per heavy atom. The van der Waals surface area contributed by atoms with E-state index in [1.54, 1.807) is 6.20 Å². The quantitative estimate of drug-likeness (QED) is 0.224. The van der Waals surface area contributed by atoms with E-state index in [1.165, 1.54) is 0 Å². The van der Waals surface area contributed by atoms with Crippen LogP contribution in [0, 0.1) is 0 Å². The number of aromatic nitrogens is 2. The van der Waals surface area contributed by atoms with E-state index in [0.717, 1.165) is 5.57 Å². The second-order valence-corrected chi connectivity index (χ2v) is 9.59. The van der Waals surface area contributed by atoms with Gasteiger partial charge in [-0.1, -0.05) is 32.9 Å². The molecule has 8 heteroatoms. The SMILES string of the molecule is C=C(C)CN(C(C)C)C(O)c1cnc(C(C)(C)C)nc1NNC1=CC=IO1. The highest BCUT2D eigenvalue weighted by molar-refractivity contribution is 14.2. The number of nitrogens with zero attached hydrogens (tertiary/aromatic N) is 3. The van der Waals surface area contributed by atoms with Gasteiger partial charge < -0.3 is 8.17 Å². The summed E-state index contributed by atoms with van der Waals surface area (Å²) in [7, 11) is 0. The molecule has 0 aliphatic carbocycles. The minimum atomic E-state index is -0.863. The van der Waals surface area contributed by atoms with Crippen LogP contribution in [0.3, 0.4) is 0 Å². The largest absolute Gasteiger partial charge is 0.417 e. The Morgan fingerprint density at radius 2 is 2.07 bits per heavy atom. The minimum Gasteiger partial charge on any atom is -0.417 e. The van der Waals surface area contributed by atoms with Crippen LogP contribution < -0.4 is 10.9 Å². The third-order valence-electron chi connectivity index (χ3n) is 3.89. The fraction of sp³-hybridized carbons (Fsp3) is 0.526. The van der Waals surface area contributed by atoms with Crippen molar-refractivity contribution in [1.82, 2.24) is 20.3 Å². The highest BCUT2D eigenvalue weighted by Crippen LogP contribution is 2.28. The highest BCUT2D eigenvalue weighted by atomic mass is 127. The third kappa shape index (κ3) is 5.98. The molecule has 1 aliphatic rings. The number of allylic oxidation sites excluding steroid dienone is 1. The van der Waals surface area contributed by atoms with E-state index >= 15 is 0 Å². The first kappa shape index (κ1) is 21.8. The minimum absolute atomic E-state index is 0.125. The van der Waals surface area contributed by atoms with Crippen LogP contribution in [-0.2, 0) is 8.48 Å². The van der Waals surface area contributed by atoms with Gasteiger partial charge in [-0.05, 0) is 20.8 Å². The van der Waals surface area contributed by atoms with Crippen molar-refractivity contribution in [3.05, 3.63) is 41.7 Å². The van der Waals surface area contributed by atoms with Gasteiger partial charge in [0.1, 0.15) is 33.2 Å². The molecule has 0 saturated carbocycles. The molecule has 2 rings (SSSR count). The van der Waals surface area contributed by atoms with Gasteiger partial charge in [0.2, 0.25) is 5.88 Å². The standard InChI is InChI=1S/C19H30IN5O2/c1-12(2)11-25(13(3)4)17(26)14-10-21-18(19(5,6)7)22-16(14)24-23-15-8-9-20-27-15/h8-10,13,17,23,26H,1,11H2,2-7H3,(H,21,22,24). The molecule has 7 nitrogen and oxygen atoms in total. The summed E-state index contributed by atoms with van der Waals surface area (Å²) in [5.41, 5.74) is 7.49. The summed E-state index contributed by atoms with van der Waals surface area (Å²) in [5.74, 6) is 1.88. The lowest BCUT2D eigenvalue weighted by atomic mass is 9.95. The highest BCUT2D eigenvalue weighted by Gasteiger charge is 2.26. The lowest BCUT2D eigenvalue weighted by Gasteiger charge is -2.32. The van der Waals surface area contributed by atoms with E-state index in [2.05, 4.69) is 48.2 Å². The monoisotopic (exact) mass is 487 g/mol. The normalized spacial score (nSPS) is 15.2. The van der Waals surface area contributed by atoms with Crippen LogP contribution in [-0.4, -0.2) is 36.6 Å². The Bertz CT molecular complexity index is 740. The van der Waals surface area contributed by atoms with Crippen molar-refractivity contribution in [3.63, 3.8) is 0 Å². The maximum absolute atomic E-state index is 11.1. The van der Waals surface area contributed by atoms with E-state index in [-0.39, 0.29) is 32.6 Å². The van der Waals surface area contributed by atoms with Gasteiger partial charge in [-0.25, -0.2) is 9.97 Å². The Balaban J connectivity index is 2.35. The van der Waals surface area contributed by atoms with Gasteiger partial charge >= 0.3 is 0 Å². The van der Waals surface area contributed by atoms with Crippen molar-refractivity contribution >= 4 is 31.0 Å². The molecule has 0 radical (unpaired) electrons. The molecule has 1 aromatic rings. The lowest BCUT2D eigenvalue weighted by Crippen LogP contribution is -2.37. The number of nitrogens with one attached hydrogen (secondary N) is 2. The number of aliphatic hydroxyl groups is 1. The van der Waals surface area contributed by atoms with Gasteiger partial charge in [0.15, 0.2) is 5.82 Å². The average molecular weight is 487 g/mol. The van der Waals surface area contributed by atoms with E-state index in [9.17, 15) is 5.11 Å². The fourth-order valence-corrected chi connectivity index (χ4v) is 3.60. The summed E-state index contributed by atoms with van der Waals surface area (Å²) < 4.78 is 7.55. The molecule has 0 fully saturated rings. The summed E-state index contributed by atoms with van der Waals surface area (Å²) >= 11 is -0.376. The van der Waals surface area contributed by atoms with Gasteiger partial charge in [0.25, 0.3) is 0 Å². The van der Waals surface area contributed by atoms with Crippen LogP contribution in [0.15, 0.2) is 30.3 Å². The molecule has 2 heterocycles. The maximum atomic E-state index is 11.1. The van der Waals surface area contributed by atoms with Crippen molar-refractivity contribution < 1.29 is 8.17 Å². The summed E-state index contributed by atoms with van der Waals surface area (Å²) in [6, 6.07) is 0.125. The number of hydrogen-bond acceptors (Lipinski definition) is 7. The zero-order chi connectivity index (χ0) is 20.2. The number of aliphatic hydroxyl groups excluding tert-OH is 1. The van der Waals surface area contributed by atoms with E-state index < -0.39 is 6.23 Å². The van der Waals surface area contributed by atoms with Crippen molar-refractivity contribution in [1.29, 1.82) is 0 Å². The van der Waals surface area contributed by atoms with E-state index in [0.29, 0.717) is 29.6 Å². The van der Waals surface area contributed by atoms with Crippen molar-refractivity contribution in [3.8, 4) is 0 Å². The molecule has 0 saturated heterocycles. The molecule has 0 aromatic carbocycles. The Hall–Kier alpha value is -1.52. The molecule has 1 aliphatic heterocycles. The van der Waals surface area contributed by atoms with Gasteiger partial charge in [0.05, 0.1) is 5.56 Å². The summed E-state index contributed by atoms with van der Waals surface area (Å²) in [5, 5.41) is 11.1. The van der Waals surface area contributed by atoms with Crippen LogP contribution in [0.5, 0.6) is 0 Å². The second-order valence-electron chi connectivity index (χ2n) is 7.92. The predicted octanol–water partition coefficient (Wildman–Crippen LogP) is 3.53. The molecule has 0 bridgehead atoms. The zero-order valence-corrected chi connectivity index (χ0v) is 19.0. The summed E-state index contributed by atoms with van der Waals surface area (Å²) in [6.07, 6.45) is 2.72. The van der Waals surface area contributed by atoms with Crippen molar-refractivity contribution in [2.45, 2.75) is 59.2 Å². The van der Waals surface area contributed by atoms with Gasteiger partial charge in [-0.3, -0.25) is 15.8 Å². The number of hydrogen-bond donors (Lipinski definition) is 3. The molecular formula is C19H30IN5O2. The summed E-state index contributed by atoms with van der Waals surface area (Å²) in [4.78, 5) is 11.1. The number of anilines is 1. The topological polar surface area (TPSA) is 82.5 Å². The Labute approximate surface area is 172 Å². The molecule has 1 unspecified atom stereocenters.